The predicted molar refractivity (Wildman–Crippen MR) is 138 cm³/mol. The summed E-state index contributed by atoms with van der Waals surface area (Å²) in [6.07, 6.45) is 0.301. The van der Waals surface area contributed by atoms with Crippen LogP contribution in [0.4, 0.5) is 17.6 Å². The van der Waals surface area contributed by atoms with E-state index in [-0.39, 0.29) is 34.5 Å². The van der Waals surface area contributed by atoms with Crippen LogP contribution in [0.5, 0.6) is 11.5 Å². The van der Waals surface area contributed by atoms with E-state index in [0.717, 1.165) is 42.9 Å². The standard InChI is InChI=1S/C29H32ClF4NO4/c1-28(2,3)39-27(36)25-14-24(16-4-5-16)17(8-26(25)31)15-35-19-6-7-20(35)12-22(11-19)37-21-9-18(30)10-23(13-21)38-29(32,33)34/h8-10,13-14,16,19-20,22H,4-7,11-12,15H2,1-3H3/t19-,20-/m1/s1. The number of alkyl halides is 3. The average molecular weight is 570 g/mol. The Balaban J connectivity index is 1.29. The maximum Gasteiger partial charge on any atom is 0.573 e. The van der Waals surface area contributed by atoms with Crippen LogP contribution < -0.4 is 9.47 Å². The Morgan fingerprint density at radius 1 is 0.974 bits per heavy atom. The van der Waals surface area contributed by atoms with Crippen LogP contribution in [-0.4, -0.2) is 41.0 Å². The van der Waals surface area contributed by atoms with Crippen molar-refractivity contribution in [2.45, 2.75) is 102 Å². The summed E-state index contributed by atoms with van der Waals surface area (Å²) in [6.45, 7) is 5.83. The van der Waals surface area contributed by atoms with E-state index < -0.39 is 29.5 Å². The van der Waals surface area contributed by atoms with Crippen molar-refractivity contribution in [1.82, 2.24) is 4.90 Å². The third-order valence-electron chi connectivity index (χ3n) is 7.44. The van der Waals surface area contributed by atoms with Gasteiger partial charge in [0.05, 0.1) is 5.56 Å². The zero-order valence-electron chi connectivity index (χ0n) is 22.1. The SMILES string of the molecule is CC(C)(C)OC(=O)c1cc(C2CC2)c(CN2[C@@H]3CC[C@@H]2CC(Oc2cc(Cl)cc(OC(F)(F)F)c2)C3)cc1F. The lowest BCUT2D eigenvalue weighted by Crippen LogP contribution is -2.45. The highest BCUT2D eigenvalue weighted by Crippen LogP contribution is 2.45. The molecule has 3 fully saturated rings. The van der Waals surface area contributed by atoms with Crippen LogP contribution in [0.25, 0.3) is 0 Å². The normalized spacial score (nSPS) is 23.5. The molecule has 3 aliphatic rings. The Morgan fingerprint density at radius 3 is 2.21 bits per heavy atom. The molecular formula is C29H32ClF4NO4. The molecule has 2 aliphatic heterocycles. The molecule has 2 saturated heterocycles. The van der Waals surface area contributed by atoms with Crippen molar-refractivity contribution in [3.63, 3.8) is 0 Å². The van der Waals surface area contributed by atoms with Gasteiger partial charge < -0.3 is 14.2 Å². The molecule has 39 heavy (non-hydrogen) atoms. The largest absolute Gasteiger partial charge is 0.573 e. The number of piperidine rings is 1. The fourth-order valence-electron chi connectivity index (χ4n) is 5.80. The van der Waals surface area contributed by atoms with Crippen LogP contribution in [0, 0.1) is 5.82 Å². The van der Waals surface area contributed by atoms with Gasteiger partial charge in [0.15, 0.2) is 0 Å². The molecule has 2 aromatic carbocycles. The molecule has 5 nitrogen and oxygen atoms in total. The third-order valence-corrected chi connectivity index (χ3v) is 7.66. The summed E-state index contributed by atoms with van der Waals surface area (Å²) in [4.78, 5) is 15.0. The molecule has 212 valence electrons. The van der Waals surface area contributed by atoms with Gasteiger partial charge >= 0.3 is 12.3 Å². The molecule has 0 radical (unpaired) electrons. The van der Waals surface area contributed by atoms with Crippen LogP contribution >= 0.6 is 11.6 Å². The van der Waals surface area contributed by atoms with E-state index in [9.17, 15) is 18.0 Å². The highest BCUT2D eigenvalue weighted by molar-refractivity contribution is 6.30. The minimum Gasteiger partial charge on any atom is -0.490 e. The minimum atomic E-state index is -4.82. The highest BCUT2D eigenvalue weighted by atomic mass is 35.5. The maximum atomic E-state index is 15.1. The van der Waals surface area contributed by atoms with E-state index in [0.29, 0.717) is 25.3 Å². The third kappa shape index (κ3) is 6.98. The van der Waals surface area contributed by atoms with Gasteiger partial charge in [-0.25, -0.2) is 9.18 Å². The van der Waals surface area contributed by atoms with Crippen LogP contribution in [0.3, 0.4) is 0 Å². The fourth-order valence-corrected chi connectivity index (χ4v) is 6.01. The Kier molecular flexibility index (Phi) is 7.52. The number of rotatable bonds is 7. The molecule has 2 aromatic rings. The lowest BCUT2D eigenvalue weighted by atomic mass is 9.95. The first-order valence-corrected chi connectivity index (χ1v) is 13.7. The van der Waals surface area contributed by atoms with E-state index in [1.54, 1.807) is 26.8 Å². The van der Waals surface area contributed by atoms with Crippen molar-refractivity contribution in [2.75, 3.05) is 0 Å². The Morgan fingerprint density at radius 2 is 1.62 bits per heavy atom. The number of benzene rings is 2. The zero-order valence-corrected chi connectivity index (χ0v) is 22.9. The van der Waals surface area contributed by atoms with Crippen molar-refractivity contribution < 1.29 is 36.6 Å². The van der Waals surface area contributed by atoms with Gasteiger partial charge in [-0.15, -0.1) is 13.2 Å². The lowest BCUT2D eigenvalue weighted by molar-refractivity contribution is -0.274. The number of carbonyl (C=O) groups excluding carboxylic acids is 1. The molecule has 0 unspecified atom stereocenters. The maximum absolute atomic E-state index is 15.1. The first-order chi connectivity index (χ1) is 18.2. The minimum absolute atomic E-state index is 0.0268. The molecule has 2 heterocycles. The van der Waals surface area contributed by atoms with Crippen molar-refractivity contribution in [3.8, 4) is 11.5 Å². The molecule has 0 aromatic heterocycles. The van der Waals surface area contributed by atoms with Crippen LogP contribution in [0.2, 0.25) is 5.02 Å². The Labute approximate surface area is 230 Å². The lowest BCUT2D eigenvalue weighted by Gasteiger charge is -2.39. The van der Waals surface area contributed by atoms with Gasteiger partial charge in [-0.2, -0.15) is 0 Å². The van der Waals surface area contributed by atoms with E-state index in [1.165, 1.54) is 18.2 Å². The highest BCUT2D eigenvalue weighted by Gasteiger charge is 2.42. The molecule has 1 aliphatic carbocycles. The summed E-state index contributed by atoms with van der Waals surface area (Å²) in [7, 11) is 0. The molecular weight excluding hydrogens is 538 g/mol. The topological polar surface area (TPSA) is 48.0 Å². The average Bonchev–Trinajstić information content (AvgIpc) is 3.58. The summed E-state index contributed by atoms with van der Waals surface area (Å²) in [5.41, 5.74) is 1.15. The van der Waals surface area contributed by atoms with Gasteiger partial charge in [0, 0.05) is 29.7 Å². The predicted octanol–water partition coefficient (Wildman–Crippen LogP) is 7.78. The van der Waals surface area contributed by atoms with Crippen molar-refractivity contribution in [2.24, 2.45) is 0 Å². The summed E-state index contributed by atoms with van der Waals surface area (Å²) >= 11 is 6.00. The molecule has 2 atom stereocenters. The summed E-state index contributed by atoms with van der Waals surface area (Å²) in [5, 5.41) is 0.0941. The summed E-state index contributed by atoms with van der Waals surface area (Å²) in [6, 6.07) is 7.33. The first-order valence-electron chi connectivity index (χ1n) is 13.3. The van der Waals surface area contributed by atoms with E-state index in [1.807, 2.05) is 0 Å². The zero-order chi connectivity index (χ0) is 28.1. The molecule has 0 N–H and O–H groups in total. The second-order valence-electron chi connectivity index (χ2n) is 11.7. The van der Waals surface area contributed by atoms with E-state index in [2.05, 4.69) is 9.64 Å². The number of fused-ring (bicyclic) bond motifs is 2. The van der Waals surface area contributed by atoms with Gasteiger partial charge in [-0.05, 0) is 101 Å². The van der Waals surface area contributed by atoms with Gasteiger partial charge in [0.2, 0.25) is 0 Å². The number of halogens is 5. The molecule has 0 spiro atoms. The summed E-state index contributed by atoms with van der Waals surface area (Å²) in [5.74, 6) is -1.11. The number of carbonyl (C=O) groups is 1. The van der Waals surface area contributed by atoms with Crippen LogP contribution in [0.15, 0.2) is 30.3 Å². The van der Waals surface area contributed by atoms with Crippen molar-refractivity contribution in [3.05, 3.63) is 57.9 Å². The smallest absolute Gasteiger partial charge is 0.490 e. The second kappa shape index (κ2) is 10.5. The quantitative estimate of drug-likeness (QED) is 0.252. The number of hydrogen-bond donors (Lipinski definition) is 0. The number of hydrogen-bond acceptors (Lipinski definition) is 5. The molecule has 5 rings (SSSR count). The molecule has 2 bridgehead atoms. The van der Waals surface area contributed by atoms with E-state index in [4.69, 9.17) is 21.1 Å². The Bertz CT molecular complexity index is 1230. The molecule has 0 amide bonds. The fraction of sp³-hybridized carbons (Fsp3) is 0.552. The number of esters is 1. The van der Waals surface area contributed by atoms with Gasteiger partial charge in [-0.1, -0.05) is 11.6 Å². The van der Waals surface area contributed by atoms with E-state index >= 15 is 4.39 Å². The summed E-state index contributed by atoms with van der Waals surface area (Å²) < 4.78 is 68.7. The monoisotopic (exact) mass is 569 g/mol. The van der Waals surface area contributed by atoms with Crippen LogP contribution in [0.1, 0.15) is 86.7 Å². The van der Waals surface area contributed by atoms with Gasteiger partial charge in [0.1, 0.15) is 29.0 Å². The van der Waals surface area contributed by atoms with Crippen molar-refractivity contribution >= 4 is 17.6 Å². The second-order valence-corrected chi connectivity index (χ2v) is 12.2. The number of nitrogens with zero attached hydrogens (tertiary/aromatic N) is 1. The van der Waals surface area contributed by atoms with Gasteiger partial charge in [-0.3, -0.25) is 4.90 Å². The Hall–Kier alpha value is -2.52. The molecule has 1 saturated carbocycles. The van der Waals surface area contributed by atoms with Gasteiger partial charge in [0.25, 0.3) is 0 Å². The van der Waals surface area contributed by atoms with Crippen molar-refractivity contribution in [1.29, 1.82) is 0 Å². The number of ether oxygens (including phenoxy) is 3. The molecule has 10 heteroatoms. The first kappa shape index (κ1) is 28.0. The van der Waals surface area contributed by atoms with Crippen LogP contribution in [-0.2, 0) is 11.3 Å².